The molecule has 0 aromatic rings. The minimum Gasteiger partial charge on any atom is -0.378 e. The Morgan fingerprint density at radius 1 is 1.25 bits per heavy atom. The maximum atomic E-state index is 5.92. The van der Waals surface area contributed by atoms with E-state index in [9.17, 15) is 0 Å². The molecule has 0 aromatic heterocycles. The van der Waals surface area contributed by atoms with Crippen molar-refractivity contribution in [3.63, 3.8) is 0 Å². The molecule has 0 bridgehead atoms. The number of hydrogen-bond acceptors (Lipinski definition) is 3. The van der Waals surface area contributed by atoms with Gasteiger partial charge in [-0.25, -0.2) is 0 Å². The van der Waals surface area contributed by atoms with E-state index in [0.717, 1.165) is 25.5 Å². The van der Waals surface area contributed by atoms with Crippen LogP contribution < -0.4 is 5.73 Å². The van der Waals surface area contributed by atoms with Crippen molar-refractivity contribution in [2.24, 2.45) is 5.73 Å². The molecule has 3 heteroatoms. The molecule has 2 aliphatic rings. The summed E-state index contributed by atoms with van der Waals surface area (Å²) in [5.74, 6) is 0. The molecular formula is C13H26N2O. The molecular weight excluding hydrogens is 200 g/mol. The van der Waals surface area contributed by atoms with Gasteiger partial charge in [0.25, 0.3) is 0 Å². The molecule has 2 N–H and O–H groups in total. The zero-order valence-corrected chi connectivity index (χ0v) is 10.5. The molecule has 3 atom stereocenters. The van der Waals surface area contributed by atoms with Gasteiger partial charge >= 0.3 is 0 Å². The average molecular weight is 226 g/mol. The van der Waals surface area contributed by atoms with Gasteiger partial charge in [0.2, 0.25) is 0 Å². The van der Waals surface area contributed by atoms with Gasteiger partial charge in [-0.15, -0.1) is 0 Å². The van der Waals surface area contributed by atoms with Crippen molar-refractivity contribution >= 4 is 0 Å². The smallest absolute Gasteiger partial charge is 0.0590 e. The van der Waals surface area contributed by atoms with E-state index in [-0.39, 0.29) is 0 Å². The molecule has 2 fully saturated rings. The Hall–Kier alpha value is -0.120. The van der Waals surface area contributed by atoms with Crippen LogP contribution >= 0.6 is 0 Å². The van der Waals surface area contributed by atoms with Crippen LogP contribution in [0.3, 0.4) is 0 Å². The van der Waals surface area contributed by atoms with Crippen molar-refractivity contribution in [1.82, 2.24) is 4.90 Å². The van der Waals surface area contributed by atoms with Gasteiger partial charge in [0, 0.05) is 18.7 Å². The van der Waals surface area contributed by atoms with E-state index < -0.39 is 0 Å². The topological polar surface area (TPSA) is 38.5 Å². The third-order valence-electron chi connectivity index (χ3n) is 4.15. The van der Waals surface area contributed by atoms with Crippen LogP contribution in [0.2, 0.25) is 0 Å². The van der Waals surface area contributed by atoms with Crippen molar-refractivity contribution in [2.75, 3.05) is 20.2 Å². The third-order valence-corrected chi connectivity index (χ3v) is 4.15. The van der Waals surface area contributed by atoms with Gasteiger partial charge in [0.15, 0.2) is 0 Å². The number of hydrogen-bond donors (Lipinski definition) is 1. The molecule has 2 rings (SSSR count). The lowest BCUT2D eigenvalue weighted by Crippen LogP contribution is -2.37. The van der Waals surface area contributed by atoms with Crippen LogP contribution in [-0.4, -0.2) is 43.3 Å². The SMILES string of the molecule is CN1CCCCC1CCOC1CCC(N)C1. The summed E-state index contributed by atoms with van der Waals surface area (Å²) in [6.45, 7) is 2.19. The first kappa shape index (κ1) is 12.3. The predicted molar refractivity (Wildman–Crippen MR) is 66.5 cm³/mol. The molecule has 16 heavy (non-hydrogen) atoms. The Balaban J connectivity index is 1.60. The second-order valence-electron chi connectivity index (χ2n) is 5.48. The maximum absolute atomic E-state index is 5.92. The molecule has 1 aliphatic carbocycles. The fourth-order valence-corrected chi connectivity index (χ4v) is 3.00. The highest BCUT2D eigenvalue weighted by Crippen LogP contribution is 2.22. The average Bonchev–Trinajstić information content (AvgIpc) is 2.67. The Labute approximate surface area is 99.3 Å². The number of ether oxygens (including phenoxy) is 1. The van der Waals surface area contributed by atoms with E-state index in [1.165, 1.54) is 38.6 Å². The van der Waals surface area contributed by atoms with Crippen molar-refractivity contribution in [1.29, 1.82) is 0 Å². The Morgan fingerprint density at radius 2 is 2.12 bits per heavy atom. The van der Waals surface area contributed by atoms with Gasteiger partial charge in [0.1, 0.15) is 0 Å². The van der Waals surface area contributed by atoms with Crippen molar-refractivity contribution in [3.05, 3.63) is 0 Å². The van der Waals surface area contributed by atoms with Gasteiger partial charge in [-0.3, -0.25) is 0 Å². The summed E-state index contributed by atoms with van der Waals surface area (Å²) in [5, 5.41) is 0. The highest BCUT2D eigenvalue weighted by Gasteiger charge is 2.23. The van der Waals surface area contributed by atoms with Crippen LogP contribution in [-0.2, 0) is 4.74 Å². The predicted octanol–water partition coefficient (Wildman–Crippen LogP) is 1.76. The van der Waals surface area contributed by atoms with Gasteiger partial charge < -0.3 is 15.4 Å². The van der Waals surface area contributed by atoms with Crippen molar-refractivity contribution in [2.45, 2.75) is 63.1 Å². The second-order valence-corrected chi connectivity index (χ2v) is 5.48. The first-order chi connectivity index (χ1) is 7.75. The molecule has 3 unspecified atom stereocenters. The van der Waals surface area contributed by atoms with Gasteiger partial charge in [0.05, 0.1) is 6.10 Å². The lowest BCUT2D eigenvalue weighted by Gasteiger charge is -2.32. The third kappa shape index (κ3) is 3.44. The van der Waals surface area contributed by atoms with E-state index in [0.29, 0.717) is 12.1 Å². The molecule has 1 saturated heterocycles. The number of rotatable bonds is 4. The molecule has 0 amide bonds. The van der Waals surface area contributed by atoms with E-state index in [4.69, 9.17) is 10.5 Å². The largest absolute Gasteiger partial charge is 0.378 e. The zero-order chi connectivity index (χ0) is 11.4. The number of piperidine rings is 1. The summed E-state index contributed by atoms with van der Waals surface area (Å²) in [4.78, 5) is 2.49. The fraction of sp³-hybridized carbons (Fsp3) is 1.00. The summed E-state index contributed by atoms with van der Waals surface area (Å²) >= 11 is 0. The normalized spacial score (nSPS) is 36.8. The van der Waals surface area contributed by atoms with Crippen LogP contribution in [0.25, 0.3) is 0 Å². The fourth-order valence-electron chi connectivity index (χ4n) is 3.00. The number of nitrogens with two attached hydrogens (primary N) is 1. The quantitative estimate of drug-likeness (QED) is 0.794. The Morgan fingerprint density at radius 3 is 2.81 bits per heavy atom. The number of likely N-dealkylation sites (tertiary alicyclic amines) is 1. The lowest BCUT2D eigenvalue weighted by atomic mass is 10.0. The summed E-state index contributed by atoms with van der Waals surface area (Å²) in [7, 11) is 2.25. The van der Waals surface area contributed by atoms with Crippen molar-refractivity contribution in [3.8, 4) is 0 Å². The molecule has 3 nitrogen and oxygen atoms in total. The van der Waals surface area contributed by atoms with Gasteiger partial charge in [-0.05, 0) is 52.1 Å². The van der Waals surface area contributed by atoms with Crippen LogP contribution in [0.15, 0.2) is 0 Å². The summed E-state index contributed by atoms with van der Waals surface area (Å²) in [6.07, 6.45) is 9.14. The molecule has 94 valence electrons. The van der Waals surface area contributed by atoms with Gasteiger partial charge in [-0.2, -0.15) is 0 Å². The minimum atomic E-state index is 0.391. The minimum absolute atomic E-state index is 0.391. The number of nitrogens with zero attached hydrogens (tertiary/aromatic N) is 1. The molecule has 1 heterocycles. The molecule has 0 spiro atoms. The van der Waals surface area contributed by atoms with E-state index >= 15 is 0 Å². The highest BCUT2D eigenvalue weighted by atomic mass is 16.5. The Kier molecular flexibility index (Phi) is 4.62. The first-order valence-electron chi connectivity index (χ1n) is 6.83. The van der Waals surface area contributed by atoms with Crippen LogP contribution in [0.5, 0.6) is 0 Å². The Bertz CT molecular complexity index is 210. The first-order valence-corrected chi connectivity index (χ1v) is 6.83. The molecule has 1 saturated carbocycles. The van der Waals surface area contributed by atoms with Crippen LogP contribution in [0.4, 0.5) is 0 Å². The molecule has 0 aromatic carbocycles. The standard InChI is InChI=1S/C13H26N2O/c1-15-8-3-2-4-12(15)7-9-16-13-6-5-11(14)10-13/h11-13H,2-10,14H2,1H3. The van der Waals surface area contributed by atoms with Crippen molar-refractivity contribution < 1.29 is 4.74 Å². The van der Waals surface area contributed by atoms with Gasteiger partial charge in [-0.1, -0.05) is 6.42 Å². The maximum Gasteiger partial charge on any atom is 0.0590 e. The molecule has 0 radical (unpaired) electrons. The lowest BCUT2D eigenvalue weighted by molar-refractivity contribution is 0.0374. The summed E-state index contributed by atoms with van der Waals surface area (Å²) in [6, 6.07) is 1.14. The summed E-state index contributed by atoms with van der Waals surface area (Å²) < 4.78 is 5.92. The summed E-state index contributed by atoms with van der Waals surface area (Å²) in [5.41, 5.74) is 5.87. The van der Waals surface area contributed by atoms with E-state index in [1.807, 2.05) is 0 Å². The van der Waals surface area contributed by atoms with Crippen LogP contribution in [0, 0.1) is 0 Å². The highest BCUT2D eigenvalue weighted by molar-refractivity contribution is 4.79. The van der Waals surface area contributed by atoms with Crippen LogP contribution in [0.1, 0.15) is 44.9 Å². The van der Waals surface area contributed by atoms with E-state index in [1.54, 1.807) is 0 Å². The zero-order valence-electron chi connectivity index (χ0n) is 10.5. The van der Waals surface area contributed by atoms with E-state index in [2.05, 4.69) is 11.9 Å². The molecule has 1 aliphatic heterocycles. The monoisotopic (exact) mass is 226 g/mol. The second kappa shape index (κ2) is 5.99.